The predicted octanol–water partition coefficient (Wildman–Crippen LogP) is 4.05. The number of carbonyl (C=O) groups is 1. The van der Waals surface area contributed by atoms with Crippen LogP contribution in [0.1, 0.15) is 36.5 Å². The summed E-state index contributed by atoms with van der Waals surface area (Å²) in [6.07, 6.45) is 6.09. The maximum absolute atomic E-state index is 14.6. The first-order valence-corrected chi connectivity index (χ1v) is 10.3. The Bertz CT molecular complexity index is 1030. The summed E-state index contributed by atoms with van der Waals surface area (Å²) in [6, 6.07) is 12.6. The average Bonchev–Trinajstić information content (AvgIpc) is 2.79. The lowest BCUT2D eigenvalue weighted by atomic mass is 10.1. The van der Waals surface area contributed by atoms with Crippen LogP contribution in [-0.2, 0) is 0 Å². The van der Waals surface area contributed by atoms with E-state index < -0.39 is 11.7 Å². The van der Waals surface area contributed by atoms with Gasteiger partial charge in [0.2, 0.25) is 0 Å². The Morgan fingerprint density at radius 1 is 1.13 bits per heavy atom. The number of anilines is 3. The van der Waals surface area contributed by atoms with Crippen LogP contribution < -0.4 is 22.1 Å². The van der Waals surface area contributed by atoms with Gasteiger partial charge >= 0.3 is 0 Å². The number of nitrogens with two attached hydrogens (primary N) is 2. The molecule has 0 spiro atoms. The molecule has 0 radical (unpaired) electrons. The molecule has 0 saturated carbocycles. The molecule has 0 bridgehead atoms. The monoisotopic (exact) mass is 422 g/mol. The normalized spacial score (nSPS) is 11.7. The largest absolute Gasteiger partial charge is 0.365 e. The number of hydrogen-bond acceptors (Lipinski definition) is 6. The van der Waals surface area contributed by atoms with Gasteiger partial charge in [-0.3, -0.25) is 9.78 Å². The van der Waals surface area contributed by atoms with Crippen molar-refractivity contribution in [1.82, 2.24) is 9.97 Å². The number of carbonyl (C=O) groups excluding carboxylic acids is 1. The first-order valence-electron chi connectivity index (χ1n) is 10.3. The van der Waals surface area contributed by atoms with Gasteiger partial charge in [-0.15, -0.1) is 0 Å². The number of rotatable bonds is 10. The van der Waals surface area contributed by atoms with Crippen LogP contribution in [0.15, 0.2) is 54.9 Å². The molecule has 31 heavy (non-hydrogen) atoms. The zero-order chi connectivity index (χ0) is 22.2. The van der Waals surface area contributed by atoms with Crippen molar-refractivity contribution in [2.45, 2.75) is 32.2 Å². The molecule has 3 rings (SSSR count). The highest BCUT2D eigenvalue weighted by Crippen LogP contribution is 2.27. The van der Waals surface area contributed by atoms with Gasteiger partial charge in [0.15, 0.2) is 11.6 Å². The molecule has 2 heterocycles. The molecule has 0 aliphatic heterocycles. The molecule has 1 amide bonds. The zero-order valence-corrected chi connectivity index (χ0v) is 17.4. The van der Waals surface area contributed by atoms with Crippen molar-refractivity contribution < 1.29 is 9.18 Å². The van der Waals surface area contributed by atoms with Crippen LogP contribution in [0.25, 0.3) is 11.1 Å². The van der Waals surface area contributed by atoms with E-state index in [0.717, 1.165) is 36.5 Å². The SMILES string of the molecule is CCCC[C@H](CN)Nc1nc(Nc2cncc(-c3ccccc3)c2)c(C(N)=O)cc1F. The first-order chi connectivity index (χ1) is 15.0. The summed E-state index contributed by atoms with van der Waals surface area (Å²) in [7, 11) is 0. The Morgan fingerprint density at radius 2 is 1.90 bits per heavy atom. The van der Waals surface area contributed by atoms with Crippen LogP contribution in [0.2, 0.25) is 0 Å². The van der Waals surface area contributed by atoms with Gasteiger partial charge in [-0.25, -0.2) is 9.37 Å². The van der Waals surface area contributed by atoms with Crippen LogP contribution >= 0.6 is 0 Å². The van der Waals surface area contributed by atoms with Gasteiger partial charge in [-0.05, 0) is 24.1 Å². The van der Waals surface area contributed by atoms with E-state index in [1.54, 1.807) is 12.4 Å². The molecule has 162 valence electrons. The van der Waals surface area contributed by atoms with Gasteiger partial charge in [0.05, 0.1) is 17.4 Å². The lowest BCUT2D eigenvalue weighted by molar-refractivity contribution is 0.100. The molecule has 0 fully saturated rings. The molecular formula is C23H27FN6O. The fourth-order valence-electron chi connectivity index (χ4n) is 3.20. The molecule has 3 aromatic rings. The number of pyridine rings is 2. The standard InChI is InChI=1S/C23H27FN6O/c1-2-3-9-17(12-25)28-23-20(24)11-19(21(26)31)22(30-23)29-18-10-16(13-27-14-18)15-7-5-4-6-8-15/h4-8,10-11,13-14,17H,2-3,9,12,25H2,1H3,(H2,26,31)(H2,28,29,30)/t17-/m1/s1. The number of amides is 1. The highest BCUT2D eigenvalue weighted by atomic mass is 19.1. The van der Waals surface area contributed by atoms with Gasteiger partial charge in [-0.2, -0.15) is 0 Å². The quantitative estimate of drug-likeness (QED) is 0.391. The molecule has 2 aromatic heterocycles. The third kappa shape index (κ3) is 5.76. The summed E-state index contributed by atoms with van der Waals surface area (Å²) in [5.41, 5.74) is 13.7. The molecule has 0 aliphatic rings. The lowest BCUT2D eigenvalue weighted by Gasteiger charge is -2.19. The number of halogens is 1. The molecule has 7 nitrogen and oxygen atoms in total. The van der Waals surface area contributed by atoms with Crippen molar-refractivity contribution in [3.8, 4) is 11.1 Å². The fourth-order valence-corrected chi connectivity index (χ4v) is 3.20. The maximum atomic E-state index is 14.6. The van der Waals surface area contributed by atoms with Gasteiger partial charge in [0, 0.05) is 24.3 Å². The first kappa shape index (κ1) is 22.2. The van der Waals surface area contributed by atoms with Gasteiger partial charge in [0.25, 0.3) is 5.91 Å². The Labute approximate surface area is 181 Å². The average molecular weight is 423 g/mol. The molecule has 0 aliphatic carbocycles. The van der Waals surface area contributed by atoms with Gasteiger partial charge < -0.3 is 22.1 Å². The second-order valence-corrected chi connectivity index (χ2v) is 7.25. The minimum absolute atomic E-state index is 0.0197. The molecular weight excluding hydrogens is 395 g/mol. The minimum Gasteiger partial charge on any atom is -0.365 e. The number of nitrogens with zero attached hydrogens (tertiary/aromatic N) is 2. The van der Waals surface area contributed by atoms with Crippen molar-refractivity contribution >= 4 is 23.2 Å². The number of aromatic nitrogens is 2. The Kier molecular flexibility index (Phi) is 7.50. The summed E-state index contributed by atoms with van der Waals surface area (Å²) in [6.45, 7) is 2.41. The zero-order valence-electron chi connectivity index (χ0n) is 17.4. The van der Waals surface area contributed by atoms with E-state index in [1.807, 2.05) is 36.4 Å². The Hall–Kier alpha value is -3.52. The molecule has 0 unspecified atom stereocenters. The van der Waals surface area contributed by atoms with Gasteiger partial charge in [-0.1, -0.05) is 50.1 Å². The van der Waals surface area contributed by atoms with Crippen molar-refractivity contribution in [3.63, 3.8) is 0 Å². The summed E-state index contributed by atoms with van der Waals surface area (Å²) in [5.74, 6) is -1.28. The van der Waals surface area contributed by atoms with Gasteiger partial charge in [0.1, 0.15) is 5.82 Å². The Morgan fingerprint density at radius 3 is 2.58 bits per heavy atom. The van der Waals surface area contributed by atoms with Crippen molar-refractivity contribution in [2.75, 3.05) is 17.2 Å². The van der Waals surface area contributed by atoms with Crippen LogP contribution in [0.4, 0.5) is 21.7 Å². The second-order valence-electron chi connectivity index (χ2n) is 7.25. The molecule has 1 atom stereocenters. The Balaban J connectivity index is 1.91. The molecule has 8 heteroatoms. The van der Waals surface area contributed by atoms with Crippen LogP contribution in [0, 0.1) is 5.82 Å². The van der Waals surface area contributed by atoms with E-state index >= 15 is 0 Å². The molecule has 0 saturated heterocycles. The summed E-state index contributed by atoms with van der Waals surface area (Å²) >= 11 is 0. The molecule has 6 N–H and O–H groups in total. The third-order valence-electron chi connectivity index (χ3n) is 4.88. The highest BCUT2D eigenvalue weighted by molar-refractivity contribution is 5.98. The summed E-state index contributed by atoms with van der Waals surface area (Å²) in [5, 5.41) is 6.10. The van der Waals surface area contributed by atoms with Crippen molar-refractivity contribution in [2.24, 2.45) is 11.5 Å². The minimum atomic E-state index is -0.783. The van der Waals surface area contributed by atoms with Crippen molar-refractivity contribution in [1.29, 1.82) is 0 Å². The molecule has 1 aromatic carbocycles. The van der Waals surface area contributed by atoms with Crippen LogP contribution in [-0.4, -0.2) is 28.5 Å². The number of benzene rings is 1. The lowest BCUT2D eigenvalue weighted by Crippen LogP contribution is -2.30. The van der Waals surface area contributed by atoms with E-state index in [-0.39, 0.29) is 23.2 Å². The van der Waals surface area contributed by atoms with E-state index in [0.29, 0.717) is 12.2 Å². The summed E-state index contributed by atoms with van der Waals surface area (Å²) in [4.78, 5) is 20.5. The smallest absolute Gasteiger partial charge is 0.252 e. The highest BCUT2D eigenvalue weighted by Gasteiger charge is 2.18. The fraction of sp³-hybridized carbons (Fsp3) is 0.261. The predicted molar refractivity (Wildman–Crippen MR) is 122 cm³/mol. The number of primary amides is 1. The third-order valence-corrected chi connectivity index (χ3v) is 4.88. The van der Waals surface area contributed by atoms with E-state index in [9.17, 15) is 9.18 Å². The van der Waals surface area contributed by atoms with E-state index in [1.165, 1.54) is 0 Å². The van der Waals surface area contributed by atoms with Crippen molar-refractivity contribution in [3.05, 3.63) is 66.2 Å². The summed E-state index contributed by atoms with van der Waals surface area (Å²) < 4.78 is 14.6. The van der Waals surface area contributed by atoms with E-state index in [4.69, 9.17) is 11.5 Å². The van der Waals surface area contributed by atoms with E-state index in [2.05, 4.69) is 27.5 Å². The second kappa shape index (κ2) is 10.5. The number of hydrogen-bond donors (Lipinski definition) is 4. The maximum Gasteiger partial charge on any atom is 0.252 e. The van der Waals surface area contributed by atoms with Crippen LogP contribution in [0.5, 0.6) is 0 Å². The topological polar surface area (TPSA) is 119 Å². The van der Waals surface area contributed by atoms with Crippen LogP contribution in [0.3, 0.4) is 0 Å². The number of unbranched alkanes of at least 4 members (excludes halogenated alkanes) is 1. The number of nitrogens with one attached hydrogen (secondary N) is 2.